The summed E-state index contributed by atoms with van der Waals surface area (Å²) in [6.45, 7) is 4.08. The summed E-state index contributed by atoms with van der Waals surface area (Å²) < 4.78 is 37.2. The number of hydrogen-bond acceptors (Lipinski definition) is 5. The SMILES string of the molecule is COc1cc(/C=C2\CCCN3C2=NOC(c2ccccc2)[C@@H]3c2cc(F)c(C)c(F)c2)ccc1-n1cnc(C)c1. The van der Waals surface area contributed by atoms with Crippen LogP contribution in [-0.4, -0.2) is 33.9 Å². The van der Waals surface area contributed by atoms with E-state index < -0.39 is 23.8 Å². The molecule has 0 radical (unpaired) electrons. The van der Waals surface area contributed by atoms with Crippen LogP contribution in [0.1, 0.15) is 52.9 Å². The number of halogens is 2. The molecule has 2 aliphatic heterocycles. The van der Waals surface area contributed by atoms with Crippen LogP contribution in [0.5, 0.6) is 5.75 Å². The van der Waals surface area contributed by atoms with E-state index in [1.165, 1.54) is 19.1 Å². The molecule has 2 atom stereocenters. The van der Waals surface area contributed by atoms with Gasteiger partial charge in [-0.2, -0.15) is 0 Å². The molecule has 1 unspecified atom stereocenters. The molecule has 0 amide bonds. The molecule has 0 N–H and O–H groups in total. The Bertz CT molecular complexity index is 1590. The first kappa shape index (κ1) is 25.8. The monoisotopic (exact) mass is 540 g/mol. The number of hydrogen-bond donors (Lipinski definition) is 0. The first-order chi connectivity index (χ1) is 19.4. The van der Waals surface area contributed by atoms with Gasteiger partial charge >= 0.3 is 0 Å². The fourth-order valence-corrected chi connectivity index (χ4v) is 5.52. The van der Waals surface area contributed by atoms with Crippen molar-refractivity contribution >= 4 is 11.9 Å². The van der Waals surface area contributed by atoms with E-state index in [1.807, 2.05) is 66.2 Å². The lowest BCUT2D eigenvalue weighted by Gasteiger charge is -2.44. The van der Waals surface area contributed by atoms with Crippen LogP contribution < -0.4 is 4.74 Å². The quantitative estimate of drug-likeness (QED) is 0.271. The third kappa shape index (κ3) is 4.74. The van der Waals surface area contributed by atoms with Crippen molar-refractivity contribution < 1.29 is 18.4 Å². The number of ether oxygens (including phenoxy) is 1. The van der Waals surface area contributed by atoms with E-state index in [0.717, 1.165) is 40.9 Å². The zero-order chi connectivity index (χ0) is 27.8. The van der Waals surface area contributed by atoms with Gasteiger partial charge in [0.2, 0.25) is 0 Å². The van der Waals surface area contributed by atoms with Crippen molar-refractivity contribution in [1.82, 2.24) is 14.5 Å². The number of fused-ring (bicyclic) bond motifs is 1. The molecule has 0 spiro atoms. The summed E-state index contributed by atoms with van der Waals surface area (Å²) in [6, 6.07) is 18.1. The predicted molar refractivity (Wildman–Crippen MR) is 150 cm³/mol. The van der Waals surface area contributed by atoms with Crippen LogP contribution in [0.25, 0.3) is 11.8 Å². The summed E-state index contributed by atoms with van der Waals surface area (Å²) in [6.07, 6.45) is 6.92. The number of oxime groups is 1. The number of piperidine rings is 1. The highest BCUT2D eigenvalue weighted by Gasteiger charge is 2.40. The Morgan fingerprint density at radius 3 is 2.48 bits per heavy atom. The maximum Gasteiger partial charge on any atom is 0.177 e. The number of methoxy groups -OCH3 is 1. The van der Waals surface area contributed by atoms with Gasteiger partial charge in [0.1, 0.15) is 17.4 Å². The van der Waals surface area contributed by atoms with E-state index in [1.54, 1.807) is 13.4 Å². The van der Waals surface area contributed by atoms with Gasteiger partial charge in [-0.3, -0.25) is 0 Å². The number of benzene rings is 3. The first-order valence-electron chi connectivity index (χ1n) is 13.3. The maximum atomic E-state index is 14.8. The summed E-state index contributed by atoms with van der Waals surface area (Å²) in [5.74, 6) is 0.254. The number of amidine groups is 1. The van der Waals surface area contributed by atoms with E-state index in [-0.39, 0.29) is 5.56 Å². The summed E-state index contributed by atoms with van der Waals surface area (Å²) in [5, 5.41) is 4.58. The minimum Gasteiger partial charge on any atom is -0.495 e. The summed E-state index contributed by atoms with van der Waals surface area (Å²) in [4.78, 5) is 12.6. The largest absolute Gasteiger partial charge is 0.495 e. The minimum absolute atomic E-state index is 0.00751. The van der Waals surface area contributed by atoms with Crippen molar-refractivity contribution in [1.29, 1.82) is 0 Å². The molecule has 4 aromatic rings. The topological polar surface area (TPSA) is 51.9 Å². The van der Waals surface area contributed by atoms with Gasteiger partial charge in [0.25, 0.3) is 0 Å². The lowest BCUT2D eigenvalue weighted by Crippen LogP contribution is -2.45. The molecular formula is C32H30F2N4O2. The molecule has 0 aliphatic carbocycles. The summed E-state index contributed by atoms with van der Waals surface area (Å²) in [7, 11) is 1.65. The minimum atomic E-state index is -0.570. The van der Waals surface area contributed by atoms with Gasteiger partial charge in [0.15, 0.2) is 11.9 Å². The van der Waals surface area contributed by atoms with Gasteiger partial charge in [-0.05, 0) is 79.3 Å². The third-order valence-electron chi connectivity index (χ3n) is 7.59. The number of rotatable bonds is 5. The normalized spacial score (nSPS) is 19.7. The van der Waals surface area contributed by atoms with Crippen LogP contribution in [0.4, 0.5) is 8.78 Å². The Morgan fingerprint density at radius 2 is 1.77 bits per heavy atom. The smallest absolute Gasteiger partial charge is 0.177 e. The van der Waals surface area contributed by atoms with E-state index in [2.05, 4.69) is 21.1 Å². The van der Waals surface area contributed by atoms with Crippen molar-refractivity contribution in [3.63, 3.8) is 0 Å². The molecule has 3 aromatic carbocycles. The fraction of sp³-hybridized carbons (Fsp3) is 0.250. The van der Waals surface area contributed by atoms with Crippen molar-refractivity contribution in [2.75, 3.05) is 13.7 Å². The third-order valence-corrected chi connectivity index (χ3v) is 7.59. The summed E-state index contributed by atoms with van der Waals surface area (Å²) in [5.41, 5.74) is 5.17. The van der Waals surface area contributed by atoms with Crippen molar-refractivity contribution in [2.24, 2.45) is 5.16 Å². The Hall–Kier alpha value is -4.46. The molecular weight excluding hydrogens is 510 g/mol. The summed E-state index contributed by atoms with van der Waals surface area (Å²) >= 11 is 0. The van der Waals surface area contributed by atoms with Crippen LogP contribution in [0.2, 0.25) is 0 Å². The second-order valence-electron chi connectivity index (χ2n) is 10.2. The number of imidazole rings is 1. The number of aryl methyl sites for hydroxylation is 1. The molecule has 6 nitrogen and oxygen atoms in total. The van der Waals surface area contributed by atoms with Crippen LogP contribution in [0.3, 0.4) is 0 Å². The molecule has 40 heavy (non-hydrogen) atoms. The van der Waals surface area contributed by atoms with Crippen LogP contribution in [-0.2, 0) is 4.84 Å². The number of aromatic nitrogens is 2. The molecule has 2 aliphatic rings. The molecule has 1 fully saturated rings. The van der Waals surface area contributed by atoms with E-state index >= 15 is 0 Å². The highest BCUT2D eigenvalue weighted by atomic mass is 19.1. The average Bonchev–Trinajstić information content (AvgIpc) is 3.41. The molecule has 0 saturated carbocycles. The standard InChI is InChI=1S/C32H30F2N4O2/c1-20-18-37(19-35-20)28-12-11-22(15-29(28)39-3)14-24-10-7-13-38-30(25-16-26(33)21(2)27(34)17-25)31(40-36-32(24)38)23-8-5-4-6-9-23/h4-6,8-9,11-12,14-19,30-31H,7,10,13H2,1-3H3/b24-14+/t30-,31?/m0/s1. The molecule has 1 saturated heterocycles. The van der Waals surface area contributed by atoms with E-state index in [9.17, 15) is 8.78 Å². The first-order valence-corrected chi connectivity index (χ1v) is 13.3. The highest BCUT2D eigenvalue weighted by molar-refractivity contribution is 6.03. The van der Waals surface area contributed by atoms with Gasteiger partial charge in [0.05, 0.1) is 30.9 Å². The molecule has 0 bridgehead atoms. The Labute approximate surface area is 232 Å². The van der Waals surface area contributed by atoms with Gasteiger partial charge in [0, 0.05) is 18.3 Å². The van der Waals surface area contributed by atoms with E-state index in [4.69, 9.17) is 9.57 Å². The zero-order valence-corrected chi connectivity index (χ0v) is 22.6. The average molecular weight is 541 g/mol. The lowest BCUT2D eigenvalue weighted by atomic mass is 9.89. The van der Waals surface area contributed by atoms with Crippen molar-refractivity contribution in [2.45, 2.75) is 38.8 Å². The maximum absolute atomic E-state index is 14.8. The molecule has 8 heteroatoms. The Kier molecular flexibility index (Phi) is 6.84. The van der Waals surface area contributed by atoms with E-state index in [0.29, 0.717) is 23.7 Å². The number of nitrogens with zero attached hydrogens (tertiary/aromatic N) is 4. The molecule has 204 valence electrons. The molecule has 1 aromatic heterocycles. The van der Waals surface area contributed by atoms with Gasteiger partial charge in [-0.15, -0.1) is 0 Å². The Morgan fingerprint density at radius 1 is 1.00 bits per heavy atom. The highest BCUT2D eigenvalue weighted by Crippen LogP contribution is 2.44. The van der Waals surface area contributed by atoms with Crippen LogP contribution in [0, 0.1) is 25.5 Å². The fourth-order valence-electron chi connectivity index (χ4n) is 5.52. The van der Waals surface area contributed by atoms with Gasteiger partial charge in [-0.1, -0.05) is 41.6 Å². The second-order valence-corrected chi connectivity index (χ2v) is 10.2. The van der Waals surface area contributed by atoms with Gasteiger partial charge < -0.3 is 19.0 Å². The predicted octanol–water partition coefficient (Wildman–Crippen LogP) is 7.08. The van der Waals surface area contributed by atoms with Crippen molar-refractivity contribution in [3.8, 4) is 11.4 Å². The second kappa shape index (κ2) is 10.6. The van der Waals surface area contributed by atoms with Crippen LogP contribution in [0.15, 0.2) is 83.9 Å². The van der Waals surface area contributed by atoms with Crippen LogP contribution >= 0.6 is 0 Å². The van der Waals surface area contributed by atoms with Crippen molar-refractivity contribution in [3.05, 3.63) is 118 Å². The molecule has 6 rings (SSSR count). The Balaban J connectivity index is 1.40. The molecule has 3 heterocycles. The zero-order valence-electron chi connectivity index (χ0n) is 22.6. The van der Waals surface area contributed by atoms with Gasteiger partial charge in [-0.25, -0.2) is 13.8 Å². The lowest BCUT2D eigenvalue weighted by molar-refractivity contribution is -0.0232.